The minimum absolute atomic E-state index is 0.160. The standard InChI is InChI=1S/C7H11N3OS/c1-10(2)9-7(11)6-5(8)3-4-12-6/h3-4H,8H2,1-2H3,(H,9,11). The van der Waals surface area contributed by atoms with Crippen molar-refractivity contribution in [2.45, 2.75) is 0 Å². The van der Waals surface area contributed by atoms with Gasteiger partial charge < -0.3 is 5.73 Å². The maximum absolute atomic E-state index is 11.3. The fourth-order valence-corrected chi connectivity index (χ4v) is 1.47. The molecule has 0 spiro atoms. The monoisotopic (exact) mass is 185 g/mol. The molecule has 5 heteroatoms. The lowest BCUT2D eigenvalue weighted by molar-refractivity contribution is 0.0862. The summed E-state index contributed by atoms with van der Waals surface area (Å²) in [6.07, 6.45) is 0. The summed E-state index contributed by atoms with van der Waals surface area (Å²) >= 11 is 1.34. The molecule has 66 valence electrons. The molecule has 0 fully saturated rings. The zero-order valence-electron chi connectivity index (χ0n) is 7.00. The molecule has 1 heterocycles. The summed E-state index contributed by atoms with van der Waals surface area (Å²) in [5.41, 5.74) is 8.69. The number of amides is 1. The first kappa shape index (κ1) is 9.02. The van der Waals surface area contributed by atoms with Crippen molar-refractivity contribution in [3.05, 3.63) is 16.3 Å². The van der Waals surface area contributed by atoms with Crippen LogP contribution in [0.5, 0.6) is 0 Å². The average molecular weight is 185 g/mol. The second-order valence-corrected chi connectivity index (χ2v) is 3.46. The molecular formula is C7H11N3OS. The molecule has 1 aromatic rings. The average Bonchev–Trinajstić information content (AvgIpc) is 2.33. The highest BCUT2D eigenvalue weighted by Crippen LogP contribution is 2.17. The van der Waals surface area contributed by atoms with E-state index in [1.54, 1.807) is 30.6 Å². The van der Waals surface area contributed by atoms with Gasteiger partial charge in [-0.05, 0) is 11.4 Å². The maximum atomic E-state index is 11.3. The number of thiophene rings is 1. The van der Waals surface area contributed by atoms with Crippen LogP contribution in [-0.4, -0.2) is 25.0 Å². The molecule has 0 aliphatic carbocycles. The first-order valence-corrected chi connectivity index (χ1v) is 4.30. The SMILES string of the molecule is CN(C)NC(=O)c1sccc1N. The van der Waals surface area contributed by atoms with Gasteiger partial charge in [0.1, 0.15) is 4.88 Å². The van der Waals surface area contributed by atoms with E-state index in [1.807, 2.05) is 0 Å². The molecule has 1 aromatic heterocycles. The molecule has 1 rings (SSSR count). The highest BCUT2D eigenvalue weighted by Gasteiger charge is 2.10. The second kappa shape index (κ2) is 3.55. The Morgan fingerprint density at radius 3 is 2.75 bits per heavy atom. The van der Waals surface area contributed by atoms with Crippen LogP contribution < -0.4 is 11.2 Å². The van der Waals surface area contributed by atoms with E-state index in [1.165, 1.54) is 11.3 Å². The highest BCUT2D eigenvalue weighted by atomic mass is 32.1. The number of hydrogen-bond donors (Lipinski definition) is 2. The van der Waals surface area contributed by atoms with Crippen molar-refractivity contribution in [1.29, 1.82) is 0 Å². The quantitative estimate of drug-likeness (QED) is 0.661. The fraction of sp³-hybridized carbons (Fsp3) is 0.286. The number of carbonyl (C=O) groups excluding carboxylic acids is 1. The van der Waals surface area contributed by atoms with Gasteiger partial charge in [-0.3, -0.25) is 10.2 Å². The Morgan fingerprint density at radius 1 is 1.67 bits per heavy atom. The smallest absolute Gasteiger partial charge is 0.277 e. The van der Waals surface area contributed by atoms with Gasteiger partial charge >= 0.3 is 0 Å². The predicted molar refractivity (Wildman–Crippen MR) is 49.9 cm³/mol. The third-order valence-electron chi connectivity index (χ3n) is 1.23. The normalized spacial score (nSPS) is 10.2. The van der Waals surface area contributed by atoms with Crippen LogP contribution in [0.2, 0.25) is 0 Å². The Kier molecular flexibility index (Phi) is 2.67. The minimum Gasteiger partial charge on any atom is -0.397 e. The van der Waals surface area contributed by atoms with E-state index < -0.39 is 0 Å². The van der Waals surface area contributed by atoms with Crippen LogP contribution >= 0.6 is 11.3 Å². The van der Waals surface area contributed by atoms with E-state index >= 15 is 0 Å². The molecule has 0 saturated heterocycles. The number of nitrogens with one attached hydrogen (secondary N) is 1. The number of nitrogen functional groups attached to an aromatic ring is 1. The number of carbonyl (C=O) groups is 1. The molecule has 0 aromatic carbocycles. The van der Waals surface area contributed by atoms with E-state index in [2.05, 4.69) is 5.43 Å². The van der Waals surface area contributed by atoms with Gasteiger partial charge in [0.05, 0.1) is 5.69 Å². The lowest BCUT2D eigenvalue weighted by atomic mass is 10.4. The van der Waals surface area contributed by atoms with Crippen molar-refractivity contribution >= 4 is 22.9 Å². The molecule has 4 nitrogen and oxygen atoms in total. The number of nitrogens with two attached hydrogens (primary N) is 1. The zero-order valence-corrected chi connectivity index (χ0v) is 7.81. The summed E-state index contributed by atoms with van der Waals surface area (Å²) in [5, 5.41) is 3.38. The molecule has 0 aliphatic rings. The van der Waals surface area contributed by atoms with Crippen LogP contribution in [0.25, 0.3) is 0 Å². The summed E-state index contributed by atoms with van der Waals surface area (Å²) < 4.78 is 0. The van der Waals surface area contributed by atoms with Gasteiger partial charge in [-0.1, -0.05) is 0 Å². The summed E-state index contributed by atoms with van der Waals surface area (Å²) in [5.74, 6) is -0.160. The Hall–Kier alpha value is -1.07. The van der Waals surface area contributed by atoms with Gasteiger partial charge in [-0.15, -0.1) is 11.3 Å². The Labute approximate surface area is 74.9 Å². The van der Waals surface area contributed by atoms with Crippen LogP contribution in [0.1, 0.15) is 9.67 Å². The molecule has 3 N–H and O–H groups in total. The molecule has 0 saturated carbocycles. The number of hydrogen-bond acceptors (Lipinski definition) is 4. The van der Waals surface area contributed by atoms with Crippen LogP contribution in [0.3, 0.4) is 0 Å². The number of hydrazine groups is 1. The summed E-state index contributed by atoms with van der Waals surface area (Å²) in [6, 6.07) is 1.72. The molecule has 0 aliphatic heterocycles. The fourth-order valence-electron chi connectivity index (χ4n) is 0.758. The van der Waals surface area contributed by atoms with Crippen molar-refractivity contribution in [1.82, 2.24) is 10.4 Å². The second-order valence-electron chi connectivity index (χ2n) is 2.54. The molecule has 0 bridgehead atoms. The number of nitrogens with zero attached hydrogens (tertiary/aromatic N) is 1. The molecule has 12 heavy (non-hydrogen) atoms. The summed E-state index contributed by atoms with van der Waals surface area (Å²) in [4.78, 5) is 11.9. The first-order valence-electron chi connectivity index (χ1n) is 3.42. The van der Waals surface area contributed by atoms with Crippen molar-refractivity contribution in [3.8, 4) is 0 Å². The van der Waals surface area contributed by atoms with E-state index in [0.29, 0.717) is 10.6 Å². The Bertz CT molecular complexity index is 282. The van der Waals surface area contributed by atoms with E-state index in [4.69, 9.17) is 5.73 Å². The van der Waals surface area contributed by atoms with E-state index in [0.717, 1.165) is 0 Å². The third-order valence-corrected chi connectivity index (χ3v) is 2.16. The highest BCUT2D eigenvalue weighted by molar-refractivity contribution is 7.12. The van der Waals surface area contributed by atoms with Crippen molar-refractivity contribution in [2.75, 3.05) is 19.8 Å². The van der Waals surface area contributed by atoms with Crippen molar-refractivity contribution in [2.24, 2.45) is 0 Å². The van der Waals surface area contributed by atoms with Gasteiger partial charge in [0, 0.05) is 14.1 Å². The predicted octanol–water partition coefficient (Wildman–Crippen LogP) is 0.537. The van der Waals surface area contributed by atoms with E-state index in [9.17, 15) is 4.79 Å². The van der Waals surface area contributed by atoms with Crippen LogP contribution in [-0.2, 0) is 0 Å². The largest absolute Gasteiger partial charge is 0.397 e. The maximum Gasteiger partial charge on any atom is 0.277 e. The summed E-state index contributed by atoms with van der Waals surface area (Å²) in [7, 11) is 3.50. The number of anilines is 1. The molecule has 0 atom stereocenters. The molecule has 1 amide bonds. The first-order chi connectivity index (χ1) is 5.61. The van der Waals surface area contributed by atoms with Crippen molar-refractivity contribution in [3.63, 3.8) is 0 Å². The van der Waals surface area contributed by atoms with Gasteiger partial charge in [0.25, 0.3) is 5.91 Å². The van der Waals surface area contributed by atoms with Gasteiger partial charge in [0.2, 0.25) is 0 Å². The van der Waals surface area contributed by atoms with Gasteiger partial charge in [-0.2, -0.15) is 0 Å². The lowest BCUT2D eigenvalue weighted by Crippen LogP contribution is -2.35. The minimum atomic E-state index is -0.160. The molecule has 0 unspecified atom stereocenters. The number of rotatable bonds is 2. The van der Waals surface area contributed by atoms with Crippen LogP contribution in [0.4, 0.5) is 5.69 Å². The third kappa shape index (κ3) is 1.96. The topological polar surface area (TPSA) is 58.4 Å². The van der Waals surface area contributed by atoms with Crippen molar-refractivity contribution < 1.29 is 4.79 Å². The van der Waals surface area contributed by atoms with E-state index in [-0.39, 0.29) is 5.91 Å². The lowest BCUT2D eigenvalue weighted by Gasteiger charge is -2.10. The Morgan fingerprint density at radius 2 is 2.33 bits per heavy atom. The Balaban J connectivity index is 2.72. The zero-order chi connectivity index (χ0) is 9.14. The molecule has 0 radical (unpaired) electrons. The van der Waals surface area contributed by atoms with Gasteiger partial charge in [0.15, 0.2) is 0 Å². The van der Waals surface area contributed by atoms with Crippen LogP contribution in [0.15, 0.2) is 11.4 Å². The molecular weight excluding hydrogens is 174 g/mol. The summed E-state index contributed by atoms with van der Waals surface area (Å²) in [6.45, 7) is 0. The van der Waals surface area contributed by atoms with Gasteiger partial charge in [-0.25, -0.2) is 5.01 Å². The van der Waals surface area contributed by atoms with Crippen LogP contribution in [0, 0.1) is 0 Å².